The third-order valence-electron chi connectivity index (χ3n) is 2.76. The number of anilines is 1. The van der Waals surface area contributed by atoms with Crippen LogP contribution in [0.5, 0.6) is 0 Å². The van der Waals surface area contributed by atoms with Crippen molar-refractivity contribution >= 4 is 17.6 Å². The van der Waals surface area contributed by atoms with Crippen molar-refractivity contribution in [2.75, 3.05) is 11.4 Å². The Morgan fingerprint density at radius 1 is 1.30 bits per heavy atom. The van der Waals surface area contributed by atoms with Gasteiger partial charge in [-0.25, -0.2) is 9.18 Å². The standard InChI is InChI=1S/C14H12FNO4/c1-2-16(11-5-3-10(15)4-6-11)13(17)12-7-9(8-20-12)14(18)19/h3-8H,2H2,1H3,(H,18,19). The number of carbonyl (C=O) groups is 2. The molecule has 0 unspecified atom stereocenters. The van der Waals surface area contributed by atoms with Crippen molar-refractivity contribution < 1.29 is 23.5 Å². The number of carboxylic acid groups (broad SMARTS) is 1. The van der Waals surface area contributed by atoms with Crippen LogP contribution in [0.25, 0.3) is 0 Å². The van der Waals surface area contributed by atoms with Crippen LogP contribution in [0.1, 0.15) is 27.8 Å². The Balaban J connectivity index is 2.28. The number of hydrogen-bond donors (Lipinski definition) is 1. The van der Waals surface area contributed by atoms with E-state index in [9.17, 15) is 14.0 Å². The average molecular weight is 277 g/mol. The van der Waals surface area contributed by atoms with Gasteiger partial charge in [-0.05, 0) is 31.2 Å². The van der Waals surface area contributed by atoms with Crippen LogP contribution in [0, 0.1) is 5.82 Å². The van der Waals surface area contributed by atoms with Gasteiger partial charge in [0, 0.05) is 18.3 Å². The Morgan fingerprint density at radius 3 is 2.45 bits per heavy atom. The van der Waals surface area contributed by atoms with Crippen molar-refractivity contribution in [1.29, 1.82) is 0 Å². The van der Waals surface area contributed by atoms with E-state index >= 15 is 0 Å². The molecule has 0 aliphatic carbocycles. The highest BCUT2D eigenvalue weighted by Gasteiger charge is 2.21. The Labute approximate surface area is 114 Å². The molecule has 2 aromatic rings. The quantitative estimate of drug-likeness (QED) is 0.932. The molecule has 1 heterocycles. The van der Waals surface area contributed by atoms with Crippen LogP contribution in [-0.2, 0) is 0 Å². The minimum absolute atomic E-state index is 0.0754. The molecule has 0 bridgehead atoms. The van der Waals surface area contributed by atoms with Crippen molar-refractivity contribution in [2.45, 2.75) is 6.92 Å². The Kier molecular flexibility index (Phi) is 3.84. The molecule has 0 saturated heterocycles. The second-order valence-corrected chi connectivity index (χ2v) is 4.03. The number of carboxylic acids is 1. The minimum Gasteiger partial charge on any atom is -0.478 e. The predicted octanol–water partition coefficient (Wildman–Crippen LogP) is 2.78. The molecule has 1 N–H and O–H groups in total. The lowest BCUT2D eigenvalue weighted by atomic mass is 10.2. The van der Waals surface area contributed by atoms with Crippen molar-refractivity contribution in [1.82, 2.24) is 0 Å². The summed E-state index contributed by atoms with van der Waals surface area (Å²) < 4.78 is 17.9. The highest BCUT2D eigenvalue weighted by molar-refractivity contribution is 6.05. The molecular weight excluding hydrogens is 265 g/mol. The summed E-state index contributed by atoms with van der Waals surface area (Å²) in [6.45, 7) is 2.09. The molecule has 0 atom stereocenters. The second kappa shape index (κ2) is 5.56. The van der Waals surface area contributed by atoms with Crippen LogP contribution in [-0.4, -0.2) is 23.5 Å². The van der Waals surface area contributed by atoms with E-state index in [4.69, 9.17) is 9.52 Å². The van der Waals surface area contributed by atoms with Crippen LogP contribution in [0.2, 0.25) is 0 Å². The van der Waals surface area contributed by atoms with Gasteiger partial charge in [0.1, 0.15) is 12.1 Å². The van der Waals surface area contributed by atoms with Crippen molar-refractivity contribution in [3.05, 3.63) is 53.7 Å². The number of halogens is 1. The van der Waals surface area contributed by atoms with E-state index in [1.807, 2.05) is 0 Å². The highest BCUT2D eigenvalue weighted by Crippen LogP contribution is 2.19. The fraction of sp³-hybridized carbons (Fsp3) is 0.143. The van der Waals surface area contributed by atoms with Gasteiger partial charge >= 0.3 is 5.97 Å². The number of furan rings is 1. The molecule has 0 aliphatic rings. The molecule has 20 heavy (non-hydrogen) atoms. The summed E-state index contributed by atoms with van der Waals surface area (Å²) in [7, 11) is 0. The van der Waals surface area contributed by atoms with Crippen molar-refractivity contribution in [2.24, 2.45) is 0 Å². The lowest BCUT2D eigenvalue weighted by Crippen LogP contribution is -2.30. The van der Waals surface area contributed by atoms with Gasteiger partial charge in [-0.3, -0.25) is 4.79 Å². The van der Waals surface area contributed by atoms with Gasteiger partial charge < -0.3 is 14.4 Å². The smallest absolute Gasteiger partial charge is 0.338 e. The molecule has 0 fully saturated rings. The monoisotopic (exact) mass is 277 g/mol. The van der Waals surface area contributed by atoms with Gasteiger partial charge in [0.15, 0.2) is 5.76 Å². The van der Waals surface area contributed by atoms with Gasteiger partial charge in [0.05, 0.1) is 5.56 Å². The van der Waals surface area contributed by atoms with Gasteiger partial charge in [-0.1, -0.05) is 0 Å². The number of hydrogen-bond acceptors (Lipinski definition) is 3. The zero-order chi connectivity index (χ0) is 14.7. The fourth-order valence-corrected chi connectivity index (χ4v) is 1.76. The first-order chi connectivity index (χ1) is 9.52. The van der Waals surface area contributed by atoms with E-state index in [1.54, 1.807) is 6.92 Å². The molecule has 1 aromatic heterocycles. The molecule has 1 aromatic carbocycles. The van der Waals surface area contributed by atoms with E-state index < -0.39 is 17.7 Å². The first-order valence-electron chi connectivity index (χ1n) is 5.92. The number of aromatic carboxylic acids is 1. The van der Waals surface area contributed by atoms with Crippen LogP contribution in [0.3, 0.4) is 0 Å². The Bertz CT molecular complexity index is 633. The summed E-state index contributed by atoms with van der Waals surface area (Å²) in [6.07, 6.45) is 1.01. The molecule has 0 aliphatic heterocycles. The van der Waals surface area contributed by atoms with E-state index in [-0.39, 0.29) is 11.3 Å². The third kappa shape index (κ3) is 2.69. The third-order valence-corrected chi connectivity index (χ3v) is 2.76. The maximum atomic E-state index is 12.9. The molecular formula is C14H12FNO4. The lowest BCUT2D eigenvalue weighted by molar-refractivity contribution is 0.0696. The Morgan fingerprint density at radius 2 is 1.95 bits per heavy atom. The molecule has 104 valence electrons. The fourth-order valence-electron chi connectivity index (χ4n) is 1.76. The van der Waals surface area contributed by atoms with Crippen molar-refractivity contribution in [3.63, 3.8) is 0 Å². The van der Waals surface area contributed by atoms with Crippen LogP contribution in [0.4, 0.5) is 10.1 Å². The summed E-state index contributed by atoms with van der Waals surface area (Å²) in [5, 5.41) is 8.80. The zero-order valence-corrected chi connectivity index (χ0v) is 10.7. The van der Waals surface area contributed by atoms with Crippen LogP contribution in [0.15, 0.2) is 41.0 Å². The maximum absolute atomic E-state index is 12.9. The van der Waals surface area contributed by atoms with E-state index in [2.05, 4.69) is 0 Å². The Hall–Kier alpha value is -2.63. The average Bonchev–Trinajstić information content (AvgIpc) is 2.91. The highest BCUT2D eigenvalue weighted by atomic mass is 19.1. The summed E-state index contributed by atoms with van der Waals surface area (Å²) in [5.41, 5.74) is 0.413. The second-order valence-electron chi connectivity index (χ2n) is 4.03. The number of rotatable bonds is 4. The normalized spacial score (nSPS) is 10.3. The zero-order valence-electron chi connectivity index (χ0n) is 10.7. The SMILES string of the molecule is CCN(C(=O)c1cc(C(=O)O)co1)c1ccc(F)cc1. The summed E-state index contributed by atoms with van der Waals surface area (Å²) in [4.78, 5) is 24.4. The molecule has 1 amide bonds. The van der Waals surface area contributed by atoms with Crippen LogP contribution < -0.4 is 4.90 Å². The summed E-state index contributed by atoms with van der Waals surface area (Å²) >= 11 is 0. The predicted molar refractivity (Wildman–Crippen MR) is 69.4 cm³/mol. The minimum atomic E-state index is -1.17. The first kappa shape index (κ1) is 13.8. The van der Waals surface area contributed by atoms with Gasteiger partial charge in [-0.15, -0.1) is 0 Å². The molecule has 0 radical (unpaired) electrons. The van der Waals surface area contributed by atoms with E-state index in [0.717, 1.165) is 12.3 Å². The maximum Gasteiger partial charge on any atom is 0.338 e. The molecule has 0 saturated carbocycles. The van der Waals surface area contributed by atoms with Gasteiger partial charge in [0.25, 0.3) is 5.91 Å². The van der Waals surface area contributed by atoms with Gasteiger partial charge in [-0.2, -0.15) is 0 Å². The molecule has 5 nitrogen and oxygen atoms in total. The molecule has 6 heteroatoms. The topological polar surface area (TPSA) is 70.8 Å². The number of carbonyl (C=O) groups excluding carboxylic acids is 1. The van der Waals surface area contributed by atoms with Gasteiger partial charge in [0.2, 0.25) is 0 Å². The lowest BCUT2D eigenvalue weighted by Gasteiger charge is -2.19. The van der Waals surface area contributed by atoms with E-state index in [1.165, 1.54) is 29.2 Å². The molecule has 2 rings (SSSR count). The number of amides is 1. The van der Waals surface area contributed by atoms with Crippen LogP contribution >= 0.6 is 0 Å². The first-order valence-corrected chi connectivity index (χ1v) is 5.92. The number of benzene rings is 1. The summed E-state index contributed by atoms with van der Waals surface area (Å²) in [6, 6.07) is 6.60. The van der Waals surface area contributed by atoms with E-state index in [0.29, 0.717) is 12.2 Å². The summed E-state index contributed by atoms with van der Waals surface area (Å²) in [5.74, 6) is -2.12. The largest absolute Gasteiger partial charge is 0.478 e. The van der Waals surface area contributed by atoms with Crippen molar-refractivity contribution in [3.8, 4) is 0 Å². The molecule has 0 spiro atoms. The number of nitrogens with zero attached hydrogens (tertiary/aromatic N) is 1.